The molecule has 1 saturated heterocycles. The molecule has 10 nitrogen and oxygen atoms in total. The summed E-state index contributed by atoms with van der Waals surface area (Å²) in [5, 5.41) is 12.0. The Morgan fingerprint density at radius 3 is 2.57 bits per heavy atom. The molecule has 1 atom stereocenters. The van der Waals surface area contributed by atoms with Gasteiger partial charge in [0.25, 0.3) is 5.91 Å². The lowest BCUT2D eigenvalue weighted by molar-refractivity contribution is -0.135. The lowest BCUT2D eigenvalue weighted by atomic mass is 9.90. The Balaban J connectivity index is 1.27. The van der Waals surface area contributed by atoms with E-state index >= 15 is 0 Å². The van der Waals surface area contributed by atoms with E-state index in [1.54, 1.807) is 41.6 Å². The summed E-state index contributed by atoms with van der Waals surface area (Å²) in [6.45, 7) is 0.857. The summed E-state index contributed by atoms with van der Waals surface area (Å²) in [4.78, 5) is 39.8. The SMILES string of the molecule is Nc1nccn2c(C3CC34CCN(C(=O)CO)CC4)nc(-c3ccc(C(=O)Nc4ccccn4)cc3)c12. The Hall–Kier alpha value is -4.31. The van der Waals surface area contributed by atoms with Gasteiger partial charge in [-0.25, -0.2) is 15.0 Å². The molecule has 2 fully saturated rings. The summed E-state index contributed by atoms with van der Waals surface area (Å²) in [5.74, 6) is 1.63. The number of pyridine rings is 1. The van der Waals surface area contributed by atoms with E-state index in [2.05, 4.69) is 15.3 Å². The molecule has 6 rings (SSSR count). The van der Waals surface area contributed by atoms with Gasteiger partial charge in [0.1, 0.15) is 35.3 Å². The van der Waals surface area contributed by atoms with Crippen LogP contribution in [0.3, 0.4) is 0 Å². The number of imidazole rings is 1. The van der Waals surface area contributed by atoms with Gasteiger partial charge in [0.15, 0.2) is 0 Å². The summed E-state index contributed by atoms with van der Waals surface area (Å²) in [6.07, 6.45) is 7.97. The molecule has 1 unspecified atom stereocenters. The normalized spacial score (nSPS) is 18.2. The molecule has 4 heterocycles. The van der Waals surface area contributed by atoms with Crippen molar-refractivity contribution >= 4 is 29.0 Å². The van der Waals surface area contributed by atoms with Gasteiger partial charge in [-0.3, -0.25) is 14.0 Å². The Morgan fingerprint density at radius 2 is 1.86 bits per heavy atom. The number of aliphatic hydroxyl groups is 1. The Labute approximate surface area is 213 Å². The predicted octanol–water partition coefficient (Wildman–Crippen LogP) is 2.71. The molecule has 3 aromatic heterocycles. The van der Waals surface area contributed by atoms with E-state index in [0.29, 0.717) is 30.3 Å². The number of nitrogens with one attached hydrogen (secondary N) is 1. The molecule has 0 radical (unpaired) electrons. The van der Waals surface area contributed by atoms with E-state index in [1.807, 2.05) is 28.8 Å². The van der Waals surface area contributed by atoms with E-state index in [9.17, 15) is 14.7 Å². The van der Waals surface area contributed by atoms with E-state index in [0.717, 1.165) is 41.9 Å². The maximum absolute atomic E-state index is 12.6. The summed E-state index contributed by atoms with van der Waals surface area (Å²) in [7, 11) is 0. The van der Waals surface area contributed by atoms with Crippen LogP contribution in [-0.2, 0) is 4.79 Å². The zero-order valence-electron chi connectivity index (χ0n) is 20.2. The minimum Gasteiger partial charge on any atom is -0.387 e. The topological polar surface area (TPSA) is 139 Å². The molecule has 2 aliphatic rings. The number of likely N-dealkylation sites (tertiary alicyclic amines) is 1. The fourth-order valence-electron chi connectivity index (χ4n) is 5.51. The maximum Gasteiger partial charge on any atom is 0.256 e. The van der Waals surface area contributed by atoms with Crippen LogP contribution >= 0.6 is 0 Å². The average Bonchev–Trinajstić information content (AvgIpc) is 3.47. The predicted molar refractivity (Wildman–Crippen MR) is 138 cm³/mol. The molecule has 10 heteroatoms. The number of aliphatic hydroxyl groups excluding tert-OH is 1. The second kappa shape index (κ2) is 8.97. The quantitative estimate of drug-likeness (QED) is 0.385. The number of aromatic nitrogens is 4. The highest BCUT2D eigenvalue weighted by Crippen LogP contribution is 2.64. The van der Waals surface area contributed by atoms with Crippen molar-refractivity contribution < 1.29 is 14.7 Å². The number of amides is 2. The van der Waals surface area contributed by atoms with E-state index in [-0.39, 0.29) is 23.1 Å². The van der Waals surface area contributed by atoms with E-state index in [4.69, 9.17) is 10.7 Å². The Morgan fingerprint density at radius 1 is 1.08 bits per heavy atom. The Kier molecular flexibility index (Phi) is 5.60. The third-order valence-electron chi connectivity index (χ3n) is 7.69. The first-order chi connectivity index (χ1) is 18.0. The zero-order chi connectivity index (χ0) is 25.6. The van der Waals surface area contributed by atoms with Crippen LogP contribution in [0.15, 0.2) is 61.1 Å². The van der Waals surface area contributed by atoms with Crippen LogP contribution in [-0.4, -0.2) is 60.9 Å². The van der Waals surface area contributed by atoms with Gasteiger partial charge in [-0.1, -0.05) is 18.2 Å². The molecule has 1 aliphatic carbocycles. The largest absolute Gasteiger partial charge is 0.387 e. The van der Waals surface area contributed by atoms with E-state index in [1.165, 1.54) is 0 Å². The second-order valence-corrected chi connectivity index (χ2v) is 9.75. The highest BCUT2D eigenvalue weighted by Gasteiger charge is 2.57. The number of rotatable bonds is 5. The van der Waals surface area contributed by atoms with Crippen LogP contribution in [0, 0.1) is 5.41 Å². The molecular weight excluding hydrogens is 470 g/mol. The van der Waals surface area contributed by atoms with Gasteiger partial charge in [-0.05, 0) is 48.9 Å². The zero-order valence-corrected chi connectivity index (χ0v) is 20.2. The number of carbonyl (C=O) groups excluding carboxylic acids is 2. The van der Waals surface area contributed by atoms with Crippen LogP contribution < -0.4 is 11.1 Å². The van der Waals surface area contributed by atoms with Gasteiger partial charge < -0.3 is 21.1 Å². The minimum atomic E-state index is -0.444. The molecule has 1 saturated carbocycles. The highest BCUT2D eigenvalue weighted by molar-refractivity contribution is 6.04. The van der Waals surface area contributed by atoms with Gasteiger partial charge in [0.2, 0.25) is 5.91 Å². The number of hydrogen-bond donors (Lipinski definition) is 3. The van der Waals surface area contributed by atoms with Crippen LogP contribution in [0.4, 0.5) is 11.6 Å². The summed E-state index contributed by atoms with van der Waals surface area (Å²) in [6, 6.07) is 12.6. The number of piperidine rings is 1. The van der Waals surface area contributed by atoms with Crippen molar-refractivity contribution in [2.45, 2.75) is 25.2 Å². The fraction of sp³-hybridized carbons (Fsp3) is 0.296. The third-order valence-corrected chi connectivity index (χ3v) is 7.69. The molecule has 0 bridgehead atoms. The molecule has 4 aromatic rings. The number of fused-ring (bicyclic) bond motifs is 1. The molecule has 37 heavy (non-hydrogen) atoms. The van der Waals surface area contributed by atoms with Crippen molar-refractivity contribution in [2.24, 2.45) is 5.41 Å². The van der Waals surface area contributed by atoms with Crippen molar-refractivity contribution in [3.63, 3.8) is 0 Å². The van der Waals surface area contributed by atoms with Crippen molar-refractivity contribution in [3.8, 4) is 11.3 Å². The lowest BCUT2D eigenvalue weighted by Gasteiger charge is -2.32. The average molecular weight is 498 g/mol. The van der Waals surface area contributed by atoms with Crippen molar-refractivity contribution in [2.75, 3.05) is 30.7 Å². The standard InChI is InChI=1S/C27H27N7O3/c28-24-23-22(17-4-6-18(7-5-17)26(37)31-20-3-1-2-10-29-20)32-25(34(23)14-11-30-24)19-15-27(19)8-12-33(13-9-27)21(36)16-35/h1-7,10-11,14,19,35H,8-9,12-13,15-16H2,(H2,28,30)(H,29,31,37). The monoisotopic (exact) mass is 497 g/mol. The minimum absolute atomic E-state index is 0.107. The number of anilines is 2. The number of nitrogens with two attached hydrogens (primary N) is 1. The number of nitrogens with zero attached hydrogens (tertiary/aromatic N) is 5. The highest BCUT2D eigenvalue weighted by atomic mass is 16.3. The molecule has 188 valence electrons. The summed E-state index contributed by atoms with van der Waals surface area (Å²) < 4.78 is 2.03. The maximum atomic E-state index is 12.6. The van der Waals surface area contributed by atoms with Gasteiger partial charge in [-0.15, -0.1) is 0 Å². The van der Waals surface area contributed by atoms with Gasteiger partial charge in [0, 0.05) is 48.7 Å². The molecule has 2 amide bonds. The molecule has 1 aromatic carbocycles. The molecule has 4 N–H and O–H groups in total. The van der Waals surface area contributed by atoms with Crippen LogP contribution in [0.5, 0.6) is 0 Å². The summed E-state index contributed by atoms with van der Waals surface area (Å²) in [5.41, 5.74) is 9.26. The first-order valence-electron chi connectivity index (χ1n) is 12.3. The second-order valence-electron chi connectivity index (χ2n) is 9.75. The smallest absolute Gasteiger partial charge is 0.256 e. The van der Waals surface area contributed by atoms with E-state index < -0.39 is 6.61 Å². The number of hydrogen-bond acceptors (Lipinski definition) is 7. The van der Waals surface area contributed by atoms with Crippen molar-refractivity contribution in [3.05, 3.63) is 72.4 Å². The Bertz CT molecular complexity index is 1480. The number of nitrogen functional groups attached to an aromatic ring is 1. The van der Waals surface area contributed by atoms with Crippen LogP contribution in [0.2, 0.25) is 0 Å². The first kappa shape index (κ1) is 23.1. The van der Waals surface area contributed by atoms with Crippen LogP contribution in [0.1, 0.15) is 41.4 Å². The first-order valence-corrected chi connectivity index (χ1v) is 12.3. The number of carbonyl (C=O) groups is 2. The molecular formula is C27H27N7O3. The van der Waals surface area contributed by atoms with Crippen molar-refractivity contribution in [1.82, 2.24) is 24.3 Å². The van der Waals surface area contributed by atoms with Gasteiger partial charge in [-0.2, -0.15) is 0 Å². The molecule has 1 spiro atoms. The van der Waals surface area contributed by atoms with Gasteiger partial charge >= 0.3 is 0 Å². The van der Waals surface area contributed by atoms with Crippen LogP contribution in [0.25, 0.3) is 16.8 Å². The van der Waals surface area contributed by atoms with Crippen molar-refractivity contribution in [1.29, 1.82) is 0 Å². The molecule has 1 aliphatic heterocycles. The van der Waals surface area contributed by atoms with Gasteiger partial charge in [0.05, 0.1) is 0 Å². The lowest BCUT2D eigenvalue weighted by Crippen LogP contribution is -2.40. The fourth-order valence-corrected chi connectivity index (χ4v) is 5.51. The summed E-state index contributed by atoms with van der Waals surface area (Å²) >= 11 is 0. The number of benzene rings is 1. The third kappa shape index (κ3) is 4.09.